The summed E-state index contributed by atoms with van der Waals surface area (Å²) in [6, 6.07) is 4.95. The summed E-state index contributed by atoms with van der Waals surface area (Å²) >= 11 is 6.28. The van der Waals surface area contributed by atoms with Gasteiger partial charge in [0.15, 0.2) is 0 Å². The van der Waals surface area contributed by atoms with Gasteiger partial charge in [0.25, 0.3) is 0 Å². The molecule has 3 amide bonds. The molecule has 0 bridgehead atoms. The summed E-state index contributed by atoms with van der Waals surface area (Å²) in [6.07, 6.45) is 6.26. The summed E-state index contributed by atoms with van der Waals surface area (Å²) in [6.45, 7) is 5.15. The number of hydrogen-bond acceptors (Lipinski definition) is 10. The van der Waals surface area contributed by atoms with Gasteiger partial charge in [-0.15, -0.1) is 0 Å². The maximum absolute atomic E-state index is 14.2. The van der Waals surface area contributed by atoms with Crippen LogP contribution >= 0.6 is 11.6 Å². The Bertz CT molecular complexity index is 1590. The van der Waals surface area contributed by atoms with E-state index in [-0.39, 0.29) is 35.9 Å². The number of alkyl carbamates (subject to hydrolysis) is 1. The first kappa shape index (κ1) is 35.8. The van der Waals surface area contributed by atoms with Crippen LogP contribution < -0.4 is 20.7 Å². The van der Waals surface area contributed by atoms with Gasteiger partial charge in [-0.05, 0) is 70.7 Å². The molecule has 49 heavy (non-hydrogen) atoms. The summed E-state index contributed by atoms with van der Waals surface area (Å²) in [5.74, 6) is -2.08. The number of nitrogens with one attached hydrogen (secondary N) is 3. The highest BCUT2D eigenvalue weighted by molar-refractivity contribution is 6.29. The van der Waals surface area contributed by atoms with Gasteiger partial charge in [0.2, 0.25) is 23.6 Å². The number of fused-ring (bicyclic) bond motifs is 2. The SMILES string of the molecule is COC(=O)[C@@]12C[C@@H]1/C=C\CCCCC[C@H](NC(=O)OC(C)(C)C)C(=O)N1C[C@H](Oc3cc(Cl)nc(Nc4ccc(F)cc4)n3)C[C@H]1C(=O)N2. The first-order valence-electron chi connectivity index (χ1n) is 16.4. The molecule has 1 aliphatic carbocycles. The van der Waals surface area contributed by atoms with E-state index in [9.17, 15) is 23.6 Å². The van der Waals surface area contributed by atoms with Crippen molar-refractivity contribution in [3.05, 3.63) is 53.5 Å². The highest BCUT2D eigenvalue weighted by atomic mass is 35.5. The Morgan fingerprint density at radius 1 is 1.12 bits per heavy atom. The molecular weight excluding hydrogens is 659 g/mol. The smallest absolute Gasteiger partial charge is 0.408 e. The lowest BCUT2D eigenvalue weighted by atomic mass is 10.0. The average Bonchev–Trinajstić information content (AvgIpc) is 3.55. The summed E-state index contributed by atoms with van der Waals surface area (Å²) in [4.78, 5) is 63.9. The van der Waals surface area contributed by atoms with Crippen LogP contribution in [-0.4, -0.2) is 81.7 Å². The molecule has 3 heterocycles. The fourth-order valence-electron chi connectivity index (χ4n) is 6.11. The standard InChI is InChI=1S/C34H42ClFN6O7/c1-33(2,3)49-32(46)38-24-11-9-7-5-6-8-10-20-18-34(20,30(45)47-4)41-28(43)25-16-23(19-42(25)29(24)44)48-27-17-26(35)39-31(40-27)37-22-14-12-21(36)13-15-22/h8,10,12-15,17,20,23-25H,5-7,9,11,16,18-19H2,1-4H3,(H,38,46)(H,41,43)(H,37,39,40)/b10-8-/t20-,23+,24-,25-,34+/m0/s1. The van der Waals surface area contributed by atoms with Crippen molar-refractivity contribution >= 4 is 47.1 Å². The number of aromatic nitrogens is 2. The van der Waals surface area contributed by atoms with Crippen molar-refractivity contribution in [1.29, 1.82) is 0 Å². The van der Waals surface area contributed by atoms with Crippen molar-refractivity contribution in [3.63, 3.8) is 0 Å². The highest BCUT2D eigenvalue weighted by Gasteiger charge is 2.62. The fourth-order valence-corrected chi connectivity index (χ4v) is 6.28. The Morgan fingerprint density at radius 2 is 1.88 bits per heavy atom. The quantitative estimate of drug-likeness (QED) is 0.216. The number of rotatable bonds is 6. The normalized spacial score (nSPS) is 26.5. The molecule has 0 radical (unpaired) electrons. The van der Waals surface area contributed by atoms with Crippen LogP contribution in [0.5, 0.6) is 5.88 Å². The minimum Gasteiger partial charge on any atom is -0.472 e. The van der Waals surface area contributed by atoms with Gasteiger partial charge in [-0.2, -0.15) is 4.98 Å². The number of benzene rings is 1. The van der Waals surface area contributed by atoms with Crippen molar-refractivity contribution in [3.8, 4) is 5.88 Å². The van der Waals surface area contributed by atoms with E-state index in [1.807, 2.05) is 12.2 Å². The van der Waals surface area contributed by atoms with Crippen molar-refractivity contribution in [2.45, 2.75) is 95.0 Å². The minimum absolute atomic E-state index is 0.0275. The van der Waals surface area contributed by atoms with E-state index in [4.69, 9.17) is 25.8 Å². The van der Waals surface area contributed by atoms with Gasteiger partial charge in [0.05, 0.1) is 13.7 Å². The second-order valence-electron chi connectivity index (χ2n) is 13.5. The molecule has 2 fully saturated rings. The number of ether oxygens (including phenoxy) is 3. The zero-order valence-electron chi connectivity index (χ0n) is 28.0. The molecule has 0 spiro atoms. The van der Waals surface area contributed by atoms with Crippen LogP contribution in [0.1, 0.15) is 65.7 Å². The molecule has 15 heteroatoms. The third-order valence-corrected chi connectivity index (χ3v) is 8.73. The van der Waals surface area contributed by atoms with Gasteiger partial charge in [-0.1, -0.05) is 36.6 Å². The summed E-state index contributed by atoms with van der Waals surface area (Å²) in [7, 11) is 1.27. The fraction of sp³-hybridized carbons (Fsp3) is 0.529. The zero-order chi connectivity index (χ0) is 35.3. The number of carbonyl (C=O) groups is 4. The third kappa shape index (κ3) is 9.17. The lowest BCUT2D eigenvalue weighted by Gasteiger charge is -2.30. The number of esters is 1. The van der Waals surface area contributed by atoms with Crippen LogP contribution in [-0.2, 0) is 23.9 Å². The van der Waals surface area contributed by atoms with Gasteiger partial charge < -0.3 is 35.1 Å². The molecule has 2 aromatic rings. The van der Waals surface area contributed by atoms with E-state index in [1.54, 1.807) is 20.8 Å². The molecule has 13 nitrogen and oxygen atoms in total. The number of hydrogen-bond donors (Lipinski definition) is 3. The Kier molecular flexibility index (Phi) is 11.0. The molecular formula is C34H42ClFN6O7. The molecule has 264 valence electrons. The second kappa shape index (κ2) is 15.0. The van der Waals surface area contributed by atoms with Gasteiger partial charge in [-0.25, -0.2) is 19.0 Å². The molecule has 1 aromatic carbocycles. The number of allylic oxidation sites excluding steroid dienone is 1. The molecule has 3 N–H and O–H groups in total. The Morgan fingerprint density at radius 3 is 2.59 bits per heavy atom. The number of halogens is 2. The molecule has 1 saturated carbocycles. The average molecular weight is 701 g/mol. The van der Waals surface area contributed by atoms with Crippen molar-refractivity contribution in [2.24, 2.45) is 5.92 Å². The van der Waals surface area contributed by atoms with E-state index in [2.05, 4.69) is 25.9 Å². The van der Waals surface area contributed by atoms with Gasteiger partial charge in [-0.3, -0.25) is 9.59 Å². The topological polar surface area (TPSA) is 161 Å². The maximum Gasteiger partial charge on any atom is 0.408 e. The molecule has 3 aliphatic rings. The lowest BCUT2D eigenvalue weighted by Crippen LogP contribution is -2.56. The van der Waals surface area contributed by atoms with Gasteiger partial charge in [0, 0.05) is 24.1 Å². The van der Waals surface area contributed by atoms with Crippen molar-refractivity contribution in [2.75, 3.05) is 19.0 Å². The van der Waals surface area contributed by atoms with Crippen molar-refractivity contribution in [1.82, 2.24) is 25.5 Å². The Balaban J connectivity index is 1.41. The van der Waals surface area contributed by atoms with E-state index >= 15 is 0 Å². The predicted octanol–water partition coefficient (Wildman–Crippen LogP) is 4.82. The minimum atomic E-state index is -1.24. The highest BCUT2D eigenvalue weighted by Crippen LogP contribution is 2.46. The molecule has 5 atom stereocenters. The number of anilines is 2. The van der Waals surface area contributed by atoms with Gasteiger partial charge >= 0.3 is 12.1 Å². The summed E-state index contributed by atoms with van der Waals surface area (Å²) < 4.78 is 30.1. The molecule has 5 rings (SSSR count). The zero-order valence-corrected chi connectivity index (χ0v) is 28.7. The van der Waals surface area contributed by atoms with E-state index in [0.29, 0.717) is 24.9 Å². The first-order valence-corrected chi connectivity index (χ1v) is 16.7. The van der Waals surface area contributed by atoms with Crippen LogP contribution in [0.4, 0.5) is 20.8 Å². The Labute approximate surface area is 289 Å². The van der Waals surface area contributed by atoms with E-state index in [0.717, 1.165) is 19.3 Å². The lowest BCUT2D eigenvalue weighted by molar-refractivity contribution is -0.148. The molecule has 1 aromatic heterocycles. The number of carbonyl (C=O) groups excluding carboxylic acids is 4. The monoisotopic (exact) mass is 700 g/mol. The summed E-state index contributed by atoms with van der Waals surface area (Å²) in [5, 5.41) is 8.62. The molecule has 0 unspecified atom stereocenters. The third-order valence-electron chi connectivity index (χ3n) is 8.54. The molecule has 2 aliphatic heterocycles. The molecule has 1 saturated heterocycles. The first-order chi connectivity index (χ1) is 23.3. The van der Waals surface area contributed by atoms with Crippen LogP contribution in [0.15, 0.2) is 42.5 Å². The second-order valence-corrected chi connectivity index (χ2v) is 13.9. The Hall–Kier alpha value is -4.46. The van der Waals surface area contributed by atoms with Crippen LogP contribution in [0.2, 0.25) is 5.15 Å². The van der Waals surface area contributed by atoms with Crippen LogP contribution in [0.3, 0.4) is 0 Å². The largest absolute Gasteiger partial charge is 0.472 e. The van der Waals surface area contributed by atoms with E-state index < -0.39 is 59.0 Å². The number of amides is 3. The number of methoxy groups -OCH3 is 1. The van der Waals surface area contributed by atoms with Crippen LogP contribution in [0, 0.1) is 11.7 Å². The van der Waals surface area contributed by atoms with E-state index in [1.165, 1.54) is 42.3 Å². The van der Waals surface area contributed by atoms with Gasteiger partial charge in [0.1, 0.15) is 40.3 Å². The van der Waals surface area contributed by atoms with Crippen molar-refractivity contribution < 1.29 is 37.8 Å². The number of nitrogens with zero attached hydrogens (tertiary/aromatic N) is 3. The van der Waals surface area contributed by atoms with Crippen LogP contribution in [0.25, 0.3) is 0 Å². The predicted molar refractivity (Wildman–Crippen MR) is 178 cm³/mol. The maximum atomic E-state index is 14.2. The summed E-state index contributed by atoms with van der Waals surface area (Å²) in [5.41, 5.74) is -1.52.